The van der Waals surface area contributed by atoms with Crippen LogP contribution >= 0.6 is 22.9 Å². The van der Waals surface area contributed by atoms with Crippen LogP contribution in [0.2, 0.25) is 5.02 Å². The molecule has 33 heavy (non-hydrogen) atoms. The number of hydrogen-bond acceptors (Lipinski definition) is 5. The number of benzene rings is 1. The van der Waals surface area contributed by atoms with Crippen molar-refractivity contribution in [1.82, 2.24) is 20.1 Å². The molecule has 0 saturated carbocycles. The monoisotopic (exact) mass is 491 g/mol. The van der Waals surface area contributed by atoms with Gasteiger partial charge in [0.15, 0.2) is 0 Å². The van der Waals surface area contributed by atoms with E-state index in [1.54, 1.807) is 10.7 Å². The van der Waals surface area contributed by atoms with E-state index >= 15 is 0 Å². The van der Waals surface area contributed by atoms with Gasteiger partial charge in [-0.3, -0.25) is 4.79 Å². The Hall–Kier alpha value is -3.37. The van der Waals surface area contributed by atoms with Crippen LogP contribution in [0.4, 0.5) is 19.0 Å². The molecular formula is C22H17ClF3N5OS. The number of nitrogens with zero attached hydrogens (tertiary/aromatic N) is 3. The third-order valence-corrected chi connectivity index (χ3v) is 5.77. The van der Waals surface area contributed by atoms with E-state index in [1.807, 2.05) is 47.8 Å². The van der Waals surface area contributed by atoms with Gasteiger partial charge < -0.3 is 10.6 Å². The van der Waals surface area contributed by atoms with Crippen molar-refractivity contribution in [2.75, 3.05) is 18.4 Å². The van der Waals surface area contributed by atoms with Crippen molar-refractivity contribution in [2.24, 2.45) is 0 Å². The maximum atomic E-state index is 12.9. The number of aromatic nitrogens is 3. The van der Waals surface area contributed by atoms with Gasteiger partial charge >= 0.3 is 6.18 Å². The second-order valence-electron chi connectivity index (χ2n) is 6.87. The number of rotatable bonds is 7. The number of hydrogen-bond donors (Lipinski definition) is 2. The molecule has 4 rings (SSSR count). The average Bonchev–Trinajstić information content (AvgIpc) is 3.47. The molecule has 0 spiro atoms. The van der Waals surface area contributed by atoms with E-state index in [9.17, 15) is 18.0 Å². The average molecular weight is 492 g/mol. The summed E-state index contributed by atoms with van der Waals surface area (Å²) in [4.78, 5) is 17.5. The van der Waals surface area contributed by atoms with Crippen LogP contribution in [0.5, 0.6) is 0 Å². The van der Waals surface area contributed by atoms with Gasteiger partial charge in [-0.15, -0.1) is 11.3 Å². The van der Waals surface area contributed by atoms with Crippen molar-refractivity contribution < 1.29 is 18.0 Å². The van der Waals surface area contributed by atoms with Crippen molar-refractivity contribution in [3.8, 4) is 16.3 Å². The summed E-state index contributed by atoms with van der Waals surface area (Å²) < 4.78 is 39.8. The molecule has 0 aliphatic heterocycles. The van der Waals surface area contributed by atoms with Crippen molar-refractivity contribution in [3.05, 3.63) is 82.5 Å². The number of anilines is 1. The van der Waals surface area contributed by atoms with E-state index in [1.165, 1.54) is 11.3 Å². The lowest BCUT2D eigenvalue weighted by Gasteiger charge is -2.11. The third kappa shape index (κ3) is 5.35. The van der Waals surface area contributed by atoms with E-state index < -0.39 is 11.7 Å². The maximum Gasteiger partial charge on any atom is 0.417 e. The van der Waals surface area contributed by atoms with Crippen LogP contribution in [0.15, 0.2) is 66.2 Å². The standard InChI is InChI=1S/C22H17ClF3N5OS/c23-16-11-14(22(24,25)26)13-29-20(16)27-8-9-28-21(32)18-12-17(19-7-4-10-33-19)30-31(18)15-5-2-1-3-6-15/h1-7,10-13H,8-9H2,(H,27,29)(H,28,32). The number of amides is 1. The summed E-state index contributed by atoms with van der Waals surface area (Å²) in [7, 11) is 0. The van der Waals surface area contributed by atoms with Crippen LogP contribution < -0.4 is 10.6 Å². The van der Waals surface area contributed by atoms with E-state index in [0.717, 1.165) is 16.6 Å². The fourth-order valence-electron chi connectivity index (χ4n) is 3.02. The van der Waals surface area contributed by atoms with Gasteiger partial charge in [0.05, 0.1) is 21.2 Å². The fraction of sp³-hybridized carbons (Fsp3) is 0.136. The largest absolute Gasteiger partial charge is 0.417 e. The van der Waals surface area contributed by atoms with Crippen LogP contribution in [-0.2, 0) is 6.18 Å². The lowest BCUT2D eigenvalue weighted by molar-refractivity contribution is -0.137. The maximum absolute atomic E-state index is 12.9. The first kappa shape index (κ1) is 22.8. The number of carbonyl (C=O) groups excluding carboxylic acids is 1. The second kappa shape index (κ2) is 9.63. The predicted octanol–water partition coefficient (Wildman–Crippen LogP) is 5.51. The minimum Gasteiger partial charge on any atom is -0.367 e. The van der Waals surface area contributed by atoms with Gasteiger partial charge in [-0.05, 0) is 35.7 Å². The zero-order valence-electron chi connectivity index (χ0n) is 16.9. The van der Waals surface area contributed by atoms with Crippen LogP contribution in [0.3, 0.4) is 0 Å². The van der Waals surface area contributed by atoms with Crippen LogP contribution in [-0.4, -0.2) is 33.8 Å². The number of nitrogens with one attached hydrogen (secondary N) is 2. The van der Waals surface area contributed by atoms with Crippen molar-refractivity contribution in [3.63, 3.8) is 0 Å². The van der Waals surface area contributed by atoms with Gasteiger partial charge in [0.1, 0.15) is 17.2 Å². The number of carbonyl (C=O) groups is 1. The van der Waals surface area contributed by atoms with Gasteiger partial charge in [0.25, 0.3) is 5.91 Å². The topological polar surface area (TPSA) is 71.8 Å². The molecular weight excluding hydrogens is 475 g/mol. The normalized spacial score (nSPS) is 11.4. The molecule has 1 aromatic carbocycles. The van der Waals surface area contributed by atoms with Crippen molar-refractivity contribution in [2.45, 2.75) is 6.18 Å². The first-order valence-corrected chi connectivity index (χ1v) is 11.0. The van der Waals surface area contributed by atoms with Gasteiger partial charge in [0, 0.05) is 19.3 Å². The zero-order valence-corrected chi connectivity index (χ0v) is 18.5. The van der Waals surface area contributed by atoms with Crippen molar-refractivity contribution >= 4 is 34.7 Å². The highest BCUT2D eigenvalue weighted by Crippen LogP contribution is 2.32. The Labute approximate surface area is 196 Å². The molecule has 0 aliphatic rings. The van der Waals surface area contributed by atoms with E-state index in [2.05, 4.69) is 20.7 Å². The lowest BCUT2D eigenvalue weighted by atomic mass is 10.2. The Morgan fingerprint density at radius 3 is 2.55 bits per heavy atom. The molecule has 0 unspecified atom stereocenters. The molecule has 2 N–H and O–H groups in total. The Morgan fingerprint density at radius 2 is 1.88 bits per heavy atom. The number of alkyl halides is 3. The molecule has 0 saturated heterocycles. The summed E-state index contributed by atoms with van der Waals surface area (Å²) in [5.41, 5.74) is 0.847. The second-order valence-corrected chi connectivity index (χ2v) is 8.23. The van der Waals surface area contributed by atoms with Gasteiger partial charge in [-0.1, -0.05) is 35.9 Å². The van der Waals surface area contributed by atoms with E-state index in [0.29, 0.717) is 17.6 Å². The molecule has 4 aromatic rings. The van der Waals surface area contributed by atoms with Gasteiger partial charge in [-0.25, -0.2) is 9.67 Å². The van der Waals surface area contributed by atoms with Gasteiger partial charge in [0.2, 0.25) is 0 Å². The third-order valence-electron chi connectivity index (χ3n) is 4.59. The molecule has 3 aromatic heterocycles. The van der Waals surface area contributed by atoms with E-state index in [-0.39, 0.29) is 29.8 Å². The Bertz CT molecular complexity index is 1240. The predicted molar refractivity (Wildman–Crippen MR) is 122 cm³/mol. The van der Waals surface area contributed by atoms with Gasteiger partial charge in [-0.2, -0.15) is 18.3 Å². The summed E-state index contributed by atoms with van der Waals surface area (Å²) in [6.45, 7) is 0.396. The number of pyridine rings is 1. The molecule has 6 nitrogen and oxygen atoms in total. The smallest absolute Gasteiger partial charge is 0.367 e. The summed E-state index contributed by atoms with van der Waals surface area (Å²) in [6, 6.07) is 15.6. The summed E-state index contributed by atoms with van der Waals surface area (Å²) >= 11 is 7.41. The lowest BCUT2D eigenvalue weighted by Crippen LogP contribution is -2.30. The number of thiophene rings is 1. The highest BCUT2D eigenvalue weighted by molar-refractivity contribution is 7.13. The minimum atomic E-state index is -4.52. The fourth-order valence-corrected chi connectivity index (χ4v) is 3.94. The summed E-state index contributed by atoms with van der Waals surface area (Å²) in [5, 5.41) is 12.0. The SMILES string of the molecule is O=C(NCCNc1ncc(C(F)(F)F)cc1Cl)c1cc(-c2cccs2)nn1-c1ccccc1. The molecule has 0 atom stereocenters. The van der Waals surface area contributed by atoms with Crippen molar-refractivity contribution in [1.29, 1.82) is 0 Å². The summed E-state index contributed by atoms with van der Waals surface area (Å²) in [5.74, 6) is -0.240. The molecule has 1 amide bonds. The Morgan fingerprint density at radius 1 is 1.09 bits per heavy atom. The van der Waals surface area contributed by atoms with Crippen LogP contribution in [0.1, 0.15) is 16.1 Å². The first-order valence-electron chi connectivity index (χ1n) is 9.77. The highest BCUT2D eigenvalue weighted by atomic mass is 35.5. The molecule has 3 heterocycles. The zero-order chi connectivity index (χ0) is 23.4. The Balaban J connectivity index is 1.43. The molecule has 170 valence electrons. The molecule has 11 heteroatoms. The number of halogens is 4. The molecule has 0 bridgehead atoms. The van der Waals surface area contributed by atoms with Crippen LogP contribution in [0.25, 0.3) is 16.3 Å². The van der Waals surface area contributed by atoms with Crippen LogP contribution in [0, 0.1) is 0 Å². The molecule has 0 fully saturated rings. The number of para-hydroxylation sites is 1. The van der Waals surface area contributed by atoms with E-state index in [4.69, 9.17) is 11.6 Å². The Kier molecular flexibility index (Phi) is 6.66. The minimum absolute atomic E-state index is 0.105. The first-order chi connectivity index (χ1) is 15.8. The summed E-state index contributed by atoms with van der Waals surface area (Å²) in [6.07, 6.45) is -3.82. The molecule has 0 aliphatic carbocycles. The quantitative estimate of drug-likeness (QED) is 0.334. The highest BCUT2D eigenvalue weighted by Gasteiger charge is 2.31. The molecule has 0 radical (unpaired) electrons.